The molecule has 32 heavy (non-hydrogen) atoms. The van der Waals surface area contributed by atoms with Gasteiger partial charge in [0.1, 0.15) is 5.82 Å². The highest BCUT2D eigenvalue weighted by Gasteiger charge is 2.44. The number of para-hydroxylation sites is 2. The van der Waals surface area contributed by atoms with Crippen molar-refractivity contribution >= 4 is 23.2 Å². The van der Waals surface area contributed by atoms with E-state index in [-0.39, 0.29) is 23.1 Å². The van der Waals surface area contributed by atoms with Crippen LogP contribution in [0, 0.1) is 0 Å². The Morgan fingerprint density at radius 1 is 0.875 bits per heavy atom. The third kappa shape index (κ3) is 3.11. The number of aromatic amines is 1. The lowest BCUT2D eigenvalue weighted by Gasteiger charge is -2.20. The Kier molecular flexibility index (Phi) is 4.71. The molecule has 1 amide bonds. The Bertz CT molecular complexity index is 1370. The zero-order chi connectivity index (χ0) is 22.2. The number of benzene rings is 3. The van der Waals surface area contributed by atoms with E-state index in [0.717, 1.165) is 0 Å². The van der Waals surface area contributed by atoms with Crippen molar-refractivity contribution in [2.45, 2.75) is 11.8 Å². The summed E-state index contributed by atoms with van der Waals surface area (Å²) in [5.74, 6) is -2.59. The summed E-state index contributed by atoms with van der Waals surface area (Å²) in [4.78, 5) is 40.3. The molecule has 0 bridgehead atoms. The molecule has 2 unspecified atom stereocenters. The number of H-pyrrole nitrogens is 1. The fraction of sp³-hybridized carbons (Fsp3) is 0.0800. The highest BCUT2D eigenvalue weighted by molar-refractivity contribution is 6.11. The predicted molar refractivity (Wildman–Crippen MR) is 122 cm³/mol. The zero-order valence-corrected chi connectivity index (χ0v) is 17.0. The molecule has 0 radical (unpaired) electrons. The minimum Gasteiger partial charge on any atom is -0.384 e. The number of ketones is 1. The van der Waals surface area contributed by atoms with Gasteiger partial charge in [-0.05, 0) is 23.8 Å². The zero-order valence-electron chi connectivity index (χ0n) is 17.0. The molecule has 7 nitrogen and oxygen atoms in total. The number of amides is 1. The summed E-state index contributed by atoms with van der Waals surface area (Å²) >= 11 is 0. The van der Waals surface area contributed by atoms with Crippen molar-refractivity contribution in [1.29, 1.82) is 0 Å². The first-order valence-electron chi connectivity index (χ1n) is 10.2. The Morgan fingerprint density at radius 2 is 1.50 bits per heavy atom. The van der Waals surface area contributed by atoms with Gasteiger partial charge in [0, 0.05) is 11.3 Å². The summed E-state index contributed by atoms with van der Waals surface area (Å²) in [6, 6.07) is 24.8. The van der Waals surface area contributed by atoms with Crippen molar-refractivity contribution < 1.29 is 9.59 Å². The van der Waals surface area contributed by atoms with E-state index < -0.39 is 17.4 Å². The Hall–Kier alpha value is -4.39. The van der Waals surface area contributed by atoms with Crippen molar-refractivity contribution in [2.24, 2.45) is 0 Å². The van der Waals surface area contributed by atoms with E-state index in [1.165, 1.54) is 4.68 Å². The molecule has 0 saturated carbocycles. The van der Waals surface area contributed by atoms with Gasteiger partial charge < -0.3 is 11.1 Å². The van der Waals surface area contributed by atoms with Gasteiger partial charge in [-0.3, -0.25) is 19.5 Å². The summed E-state index contributed by atoms with van der Waals surface area (Å²) in [5.41, 5.74) is 8.17. The van der Waals surface area contributed by atoms with Gasteiger partial charge in [-0.15, -0.1) is 0 Å². The molecule has 2 atom stereocenters. The maximum atomic E-state index is 13.7. The predicted octanol–water partition coefficient (Wildman–Crippen LogP) is 3.45. The number of nitrogen functional groups attached to an aromatic ring is 1. The van der Waals surface area contributed by atoms with Gasteiger partial charge in [0.05, 0.1) is 23.1 Å². The standard InChI is InChI=1S/C25H20N4O3/c26-23-21(25(32)29(28-23)16-11-5-2-6-12-16)20(22(30)15-9-3-1-4-10-15)19-17-13-7-8-14-18(17)27-24(19)31/h1-14,19-20,28H,26H2,(H,27,31). The number of nitrogens with one attached hydrogen (secondary N) is 2. The fourth-order valence-electron chi connectivity index (χ4n) is 4.32. The number of hydrogen-bond acceptors (Lipinski definition) is 4. The van der Waals surface area contributed by atoms with Crippen molar-refractivity contribution in [3.05, 3.63) is 112 Å². The molecule has 158 valence electrons. The lowest BCUT2D eigenvalue weighted by Crippen LogP contribution is -2.31. The lowest BCUT2D eigenvalue weighted by atomic mass is 9.78. The molecule has 0 aliphatic carbocycles. The molecule has 5 rings (SSSR count). The van der Waals surface area contributed by atoms with Gasteiger partial charge >= 0.3 is 0 Å². The lowest BCUT2D eigenvalue weighted by molar-refractivity contribution is -0.117. The molecular formula is C25H20N4O3. The van der Waals surface area contributed by atoms with Crippen LogP contribution in [0.3, 0.4) is 0 Å². The second-order valence-corrected chi connectivity index (χ2v) is 7.68. The topological polar surface area (TPSA) is 110 Å². The number of rotatable bonds is 5. The number of anilines is 2. The van der Waals surface area contributed by atoms with Crippen LogP contribution < -0.4 is 16.6 Å². The van der Waals surface area contributed by atoms with Crippen LogP contribution in [0.15, 0.2) is 89.7 Å². The number of hydrogen-bond donors (Lipinski definition) is 3. The van der Waals surface area contributed by atoms with E-state index in [0.29, 0.717) is 22.5 Å². The molecule has 4 N–H and O–H groups in total. The molecule has 0 spiro atoms. The van der Waals surface area contributed by atoms with E-state index in [2.05, 4.69) is 10.4 Å². The van der Waals surface area contributed by atoms with Crippen molar-refractivity contribution in [3.8, 4) is 5.69 Å². The molecular weight excluding hydrogens is 404 g/mol. The van der Waals surface area contributed by atoms with Crippen LogP contribution in [-0.2, 0) is 4.79 Å². The average molecular weight is 424 g/mol. The number of nitrogens with two attached hydrogens (primary N) is 1. The second kappa shape index (κ2) is 7.70. The van der Waals surface area contributed by atoms with Gasteiger partial charge in [0.25, 0.3) is 5.56 Å². The first-order chi connectivity index (χ1) is 15.6. The van der Waals surface area contributed by atoms with Crippen LogP contribution in [-0.4, -0.2) is 21.5 Å². The van der Waals surface area contributed by atoms with E-state index in [1.807, 2.05) is 12.1 Å². The van der Waals surface area contributed by atoms with Crippen LogP contribution in [0.2, 0.25) is 0 Å². The normalized spacial score (nSPS) is 15.8. The van der Waals surface area contributed by atoms with Gasteiger partial charge in [0.15, 0.2) is 5.78 Å². The summed E-state index contributed by atoms with van der Waals surface area (Å²) in [7, 11) is 0. The summed E-state index contributed by atoms with van der Waals surface area (Å²) in [6.07, 6.45) is 0. The van der Waals surface area contributed by atoms with Crippen molar-refractivity contribution in [1.82, 2.24) is 9.78 Å². The minimum atomic E-state index is -1.09. The Balaban J connectivity index is 1.72. The second-order valence-electron chi connectivity index (χ2n) is 7.68. The smallest absolute Gasteiger partial charge is 0.277 e. The van der Waals surface area contributed by atoms with E-state index in [4.69, 9.17) is 5.73 Å². The molecule has 2 heterocycles. The first kappa shape index (κ1) is 19.6. The van der Waals surface area contributed by atoms with Gasteiger partial charge in [0.2, 0.25) is 5.91 Å². The molecule has 7 heteroatoms. The van der Waals surface area contributed by atoms with Gasteiger partial charge in [-0.25, -0.2) is 4.68 Å². The molecule has 1 aliphatic heterocycles. The number of carbonyl (C=O) groups excluding carboxylic acids is 2. The highest BCUT2D eigenvalue weighted by atomic mass is 16.2. The summed E-state index contributed by atoms with van der Waals surface area (Å²) in [6.45, 7) is 0. The maximum absolute atomic E-state index is 13.7. The molecule has 0 fully saturated rings. The number of aromatic nitrogens is 2. The minimum absolute atomic E-state index is 0.0605. The van der Waals surface area contributed by atoms with E-state index >= 15 is 0 Å². The fourth-order valence-corrected chi connectivity index (χ4v) is 4.32. The third-order valence-corrected chi connectivity index (χ3v) is 5.79. The maximum Gasteiger partial charge on any atom is 0.277 e. The Labute approximate surface area is 183 Å². The molecule has 1 aromatic heterocycles. The van der Waals surface area contributed by atoms with E-state index in [9.17, 15) is 14.4 Å². The number of fused-ring (bicyclic) bond motifs is 1. The van der Waals surface area contributed by atoms with Crippen molar-refractivity contribution in [2.75, 3.05) is 11.1 Å². The monoisotopic (exact) mass is 424 g/mol. The number of carbonyl (C=O) groups is 2. The van der Waals surface area contributed by atoms with Crippen LogP contribution in [0.25, 0.3) is 5.69 Å². The average Bonchev–Trinajstić information content (AvgIpc) is 3.31. The first-order valence-corrected chi connectivity index (χ1v) is 10.2. The summed E-state index contributed by atoms with van der Waals surface area (Å²) < 4.78 is 1.30. The van der Waals surface area contributed by atoms with Crippen LogP contribution >= 0.6 is 0 Å². The van der Waals surface area contributed by atoms with Gasteiger partial charge in [-0.2, -0.15) is 0 Å². The van der Waals surface area contributed by atoms with E-state index in [1.54, 1.807) is 72.8 Å². The third-order valence-electron chi connectivity index (χ3n) is 5.79. The van der Waals surface area contributed by atoms with Gasteiger partial charge in [-0.1, -0.05) is 66.7 Å². The Morgan fingerprint density at radius 3 is 2.22 bits per heavy atom. The van der Waals surface area contributed by atoms with Crippen LogP contribution in [0.5, 0.6) is 0 Å². The van der Waals surface area contributed by atoms with Crippen molar-refractivity contribution in [3.63, 3.8) is 0 Å². The SMILES string of the molecule is Nc1[nH]n(-c2ccccc2)c(=O)c1C(C(=O)c1ccccc1)C1C(=O)Nc2ccccc21. The molecule has 3 aromatic carbocycles. The number of Topliss-reactive ketones (excluding diaryl/α,β-unsaturated/α-hetero) is 1. The molecule has 1 aliphatic rings. The molecule has 0 saturated heterocycles. The quantitative estimate of drug-likeness (QED) is 0.426. The molecule has 4 aromatic rings. The van der Waals surface area contributed by atoms with Crippen LogP contribution in [0.4, 0.5) is 11.5 Å². The summed E-state index contributed by atoms with van der Waals surface area (Å²) in [5, 5.41) is 5.71. The highest BCUT2D eigenvalue weighted by Crippen LogP contribution is 2.43. The van der Waals surface area contributed by atoms with Crippen LogP contribution in [0.1, 0.15) is 33.3 Å². The largest absolute Gasteiger partial charge is 0.384 e. The number of nitrogens with zero attached hydrogens (tertiary/aromatic N) is 1.